The van der Waals surface area contributed by atoms with Crippen molar-refractivity contribution in [3.8, 4) is 0 Å². The molecular weight excluding hydrogens is 709 g/mol. The number of nitrogens with zero attached hydrogens (tertiary/aromatic N) is 3. The number of piperidine rings is 1. The first-order valence-corrected chi connectivity index (χ1v) is 20.3. The molecular formula is C40H62N6O7S. The molecule has 13 nitrogen and oxygen atoms in total. The number of esters is 1. The maximum Gasteiger partial charge on any atom is 0.306 e. The predicted octanol–water partition coefficient (Wildman–Crippen LogP) is 5.45. The van der Waals surface area contributed by atoms with Gasteiger partial charge < -0.3 is 31.1 Å². The highest BCUT2D eigenvalue weighted by Gasteiger charge is 2.38. The van der Waals surface area contributed by atoms with Crippen molar-refractivity contribution < 1.29 is 33.8 Å². The third-order valence-corrected chi connectivity index (χ3v) is 11.4. The van der Waals surface area contributed by atoms with Crippen LogP contribution in [-0.4, -0.2) is 93.9 Å². The van der Waals surface area contributed by atoms with E-state index in [-0.39, 0.29) is 54.3 Å². The van der Waals surface area contributed by atoms with Crippen molar-refractivity contribution in [1.82, 2.24) is 25.4 Å². The second kappa shape index (κ2) is 21.2. The summed E-state index contributed by atoms with van der Waals surface area (Å²) in [4.78, 5) is 74.4. The fraction of sp³-hybridized carbons (Fsp3) is 0.650. The van der Waals surface area contributed by atoms with Crippen LogP contribution in [0.5, 0.6) is 0 Å². The molecule has 0 saturated carbocycles. The standard InChI is InChI=1S/C40H62N6O7S/c1-9-18-46(39(50)35(25(5)10-2)44-37(49)32-13-11-12-19-45(32)8)33(24(3)4)22-34(53-27(7)47)38-43-31(23-54-38)36(48)42-30(20-26(6)40(51)52)21-28-14-16-29(41)17-15-28/h14-17,23-26,30,32-35H,9-13,18-22,41H2,1-8H3,(H,42,48)(H,44,49)(H,51,52)/t25-,26-,30+,32+,33?,34+,35-/m0/s1. The monoisotopic (exact) mass is 770 g/mol. The van der Waals surface area contributed by atoms with E-state index in [0.717, 1.165) is 31.4 Å². The van der Waals surface area contributed by atoms with Crippen LogP contribution in [0.2, 0.25) is 0 Å². The number of carbonyl (C=O) groups is 5. The van der Waals surface area contributed by atoms with Gasteiger partial charge in [-0.3, -0.25) is 28.9 Å². The van der Waals surface area contributed by atoms with Crippen molar-refractivity contribution in [2.45, 2.75) is 130 Å². The minimum Gasteiger partial charge on any atom is -0.481 e. The zero-order valence-electron chi connectivity index (χ0n) is 33.3. The third-order valence-electron chi connectivity index (χ3n) is 10.4. The van der Waals surface area contributed by atoms with E-state index in [1.807, 2.05) is 58.7 Å². The topological polar surface area (TPSA) is 184 Å². The van der Waals surface area contributed by atoms with E-state index in [0.29, 0.717) is 36.5 Å². The number of nitrogens with two attached hydrogens (primary N) is 1. The molecule has 3 amide bonds. The van der Waals surface area contributed by atoms with Crippen LogP contribution in [-0.2, 0) is 30.3 Å². The number of carboxylic acid groups (broad SMARTS) is 1. The molecule has 1 fully saturated rings. The van der Waals surface area contributed by atoms with Crippen LogP contribution in [0.25, 0.3) is 0 Å². The van der Waals surface area contributed by atoms with Gasteiger partial charge in [0.25, 0.3) is 5.91 Å². The molecule has 1 aromatic carbocycles. The Balaban J connectivity index is 1.88. The molecule has 2 aromatic rings. The van der Waals surface area contributed by atoms with Crippen LogP contribution < -0.4 is 16.4 Å². The number of benzene rings is 1. The zero-order chi connectivity index (χ0) is 40.1. The third kappa shape index (κ3) is 12.8. The number of hydrogen-bond acceptors (Lipinski definition) is 10. The summed E-state index contributed by atoms with van der Waals surface area (Å²) < 4.78 is 5.84. The quantitative estimate of drug-likeness (QED) is 0.0998. The Bertz CT molecular complexity index is 1550. The molecule has 0 spiro atoms. The first kappa shape index (κ1) is 44.4. The van der Waals surface area contributed by atoms with Crippen LogP contribution in [0.3, 0.4) is 0 Å². The fourth-order valence-corrected chi connectivity index (χ4v) is 7.87. The second-order valence-electron chi connectivity index (χ2n) is 15.2. The maximum absolute atomic E-state index is 14.6. The van der Waals surface area contributed by atoms with E-state index in [2.05, 4.69) is 20.5 Å². The van der Waals surface area contributed by atoms with Gasteiger partial charge in [-0.05, 0) is 75.2 Å². The van der Waals surface area contributed by atoms with E-state index in [1.165, 1.54) is 18.3 Å². The van der Waals surface area contributed by atoms with Gasteiger partial charge in [-0.2, -0.15) is 0 Å². The summed E-state index contributed by atoms with van der Waals surface area (Å²) in [5, 5.41) is 17.7. The molecule has 1 saturated heterocycles. The highest BCUT2D eigenvalue weighted by Crippen LogP contribution is 2.32. The molecule has 14 heteroatoms. The van der Waals surface area contributed by atoms with Gasteiger partial charge in [0, 0.05) is 43.0 Å². The number of thiazole rings is 1. The molecule has 0 aliphatic carbocycles. The lowest BCUT2D eigenvalue weighted by molar-refractivity contribution is -0.150. The molecule has 300 valence electrons. The number of aliphatic carboxylic acids is 1. The Morgan fingerprint density at radius 1 is 1.06 bits per heavy atom. The van der Waals surface area contributed by atoms with Crippen molar-refractivity contribution in [2.75, 3.05) is 25.9 Å². The van der Waals surface area contributed by atoms with Gasteiger partial charge in [0.05, 0.1) is 12.0 Å². The van der Waals surface area contributed by atoms with E-state index < -0.39 is 42.0 Å². The zero-order valence-corrected chi connectivity index (χ0v) is 34.1. The first-order chi connectivity index (χ1) is 25.6. The lowest BCUT2D eigenvalue weighted by atomic mass is 9.92. The number of ether oxygens (including phenoxy) is 1. The summed E-state index contributed by atoms with van der Waals surface area (Å²) in [6.07, 6.45) is 4.11. The van der Waals surface area contributed by atoms with Crippen molar-refractivity contribution in [2.24, 2.45) is 17.8 Å². The summed E-state index contributed by atoms with van der Waals surface area (Å²) in [6.45, 7) is 14.2. The van der Waals surface area contributed by atoms with Crippen LogP contribution >= 0.6 is 11.3 Å². The average Bonchev–Trinajstić information content (AvgIpc) is 3.62. The number of carboxylic acids is 1. The summed E-state index contributed by atoms with van der Waals surface area (Å²) in [5.74, 6) is -3.13. The van der Waals surface area contributed by atoms with Crippen LogP contribution in [0.15, 0.2) is 29.6 Å². The number of nitrogens with one attached hydrogen (secondary N) is 2. The Morgan fingerprint density at radius 3 is 2.31 bits per heavy atom. The number of anilines is 1. The Kier molecular flexibility index (Phi) is 17.4. The van der Waals surface area contributed by atoms with Crippen LogP contribution in [0.1, 0.15) is 121 Å². The SMILES string of the molecule is CCCN(C(=O)[C@@H](NC(=O)[C@H]1CCCCN1C)[C@@H](C)CC)C(C[C@@H](OC(C)=O)c1nc(C(=O)N[C@@H](Cc2ccc(N)cc2)C[C@H](C)C(=O)O)cs1)C(C)C. The van der Waals surface area contributed by atoms with Gasteiger partial charge in [0.2, 0.25) is 11.8 Å². The number of likely N-dealkylation sites (tertiary alicyclic amines) is 1. The minimum atomic E-state index is -0.961. The van der Waals surface area contributed by atoms with Gasteiger partial charge >= 0.3 is 11.9 Å². The number of likely N-dealkylation sites (N-methyl/N-ethyl adjacent to an activating group) is 1. The Hall–Kier alpha value is -4.04. The van der Waals surface area contributed by atoms with Crippen molar-refractivity contribution in [3.63, 3.8) is 0 Å². The molecule has 1 aromatic heterocycles. The normalized spacial score (nSPS) is 18.1. The van der Waals surface area contributed by atoms with E-state index >= 15 is 0 Å². The van der Waals surface area contributed by atoms with Gasteiger partial charge in [-0.1, -0.05) is 66.5 Å². The summed E-state index contributed by atoms with van der Waals surface area (Å²) in [6, 6.07) is 5.31. The summed E-state index contributed by atoms with van der Waals surface area (Å²) >= 11 is 1.18. The fourth-order valence-electron chi connectivity index (χ4n) is 7.03. The minimum absolute atomic E-state index is 0.0515. The summed E-state index contributed by atoms with van der Waals surface area (Å²) in [7, 11) is 1.95. The second-order valence-corrected chi connectivity index (χ2v) is 16.1. The van der Waals surface area contributed by atoms with Crippen molar-refractivity contribution in [3.05, 3.63) is 45.9 Å². The molecule has 1 aliphatic heterocycles. The molecule has 5 N–H and O–H groups in total. The number of hydrogen-bond donors (Lipinski definition) is 4. The molecule has 1 unspecified atom stereocenters. The molecule has 2 heterocycles. The van der Waals surface area contributed by atoms with Gasteiger partial charge in [-0.15, -0.1) is 11.3 Å². The Morgan fingerprint density at radius 2 is 1.74 bits per heavy atom. The maximum atomic E-state index is 14.6. The molecule has 0 radical (unpaired) electrons. The Labute approximate surface area is 324 Å². The number of aromatic nitrogens is 1. The smallest absolute Gasteiger partial charge is 0.306 e. The highest BCUT2D eigenvalue weighted by atomic mass is 32.1. The van der Waals surface area contributed by atoms with Gasteiger partial charge in [-0.25, -0.2) is 4.98 Å². The molecule has 0 bridgehead atoms. The van der Waals surface area contributed by atoms with Gasteiger partial charge in [0.15, 0.2) is 6.10 Å². The number of amides is 3. The lowest BCUT2D eigenvalue weighted by Gasteiger charge is -2.40. The molecule has 7 atom stereocenters. The van der Waals surface area contributed by atoms with Crippen molar-refractivity contribution >= 4 is 46.7 Å². The lowest BCUT2D eigenvalue weighted by Crippen LogP contribution is -2.58. The number of nitrogen functional groups attached to an aromatic ring is 1. The van der Waals surface area contributed by atoms with E-state index in [4.69, 9.17) is 10.5 Å². The highest BCUT2D eigenvalue weighted by molar-refractivity contribution is 7.09. The molecule has 3 rings (SSSR count). The van der Waals surface area contributed by atoms with Crippen LogP contribution in [0.4, 0.5) is 5.69 Å². The first-order valence-electron chi connectivity index (χ1n) is 19.4. The molecule has 54 heavy (non-hydrogen) atoms. The molecule has 1 aliphatic rings. The number of rotatable bonds is 20. The van der Waals surface area contributed by atoms with Crippen LogP contribution in [0, 0.1) is 17.8 Å². The van der Waals surface area contributed by atoms with Crippen molar-refractivity contribution in [1.29, 1.82) is 0 Å². The average molecular weight is 771 g/mol. The largest absolute Gasteiger partial charge is 0.481 e. The van der Waals surface area contributed by atoms with Gasteiger partial charge in [0.1, 0.15) is 16.7 Å². The van der Waals surface area contributed by atoms with E-state index in [1.54, 1.807) is 24.4 Å². The summed E-state index contributed by atoms with van der Waals surface area (Å²) in [5.41, 5.74) is 7.45. The predicted molar refractivity (Wildman–Crippen MR) is 211 cm³/mol. The van der Waals surface area contributed by atoms with E-state index in [9.17, 15) is 29.1 Å². The number of carbonyl (C=O) groups excluding carboxylic acids is 4.